The van der Waals surface area contributed by atoms with Gasteiger partial charge in [-0.25, -0.2) is 0 Å². The molecule has 0 spiro atoms. The Morgan fingerprint density at radius 3 is 2.31 bits per heavy atom. The zero-order chi connectivity index (χ0) is 23.1. The van der Waals surface area contributed by atoms with Crippen molar-refractivity contribution in [3.8, 4) is 5.75 Å². The molecule has 1 fully saturated rings. The van der Waals surface area contributed by atoms with Crippen LogP contribution in [0.2, 0.25) is 0 Å². The van der Waals surface area contributed by atoms with E-state index in [-0.39, 0.29) is 11.3 Å². The number of hydrogen-bond acceptors (Lipinski definition) is 5. The van der Waals surface area contributed by atoms with Gasteiger partial charge in [0.25, 0.3) is 11.7 Å². The van der Waals surface area contributed by atoms with Gasteiger partial charge in [-0.2, -0.15) is 0 Å². The summed E-state index contributed by atoms with van der Waals surface area (Å²) in [5.74, 6) is -0.755. The summed E-state index contributed by atoms with van der Waals surface area (Å²) in [6, 6.07) is 14.0. The van der Waals surface area contributed by atoms with Gasteiger partial charge in [-0.1, -0.05) is 43.2 Å². The van der Waals surface area contributed by atoms with Gasteiger partial charge in [0.15, 0.2) is 0 Å². The highest BCUT2D eigenvalue weighted by Crippen LogP contribution is 2.39. The van der Waals surface area contributed by atoms with Crippen LogP contribution in [0, 0.1) is 6.92 Å². The van der Waals surface area contributed by atoms with Crippen LogP contribution < -0.4 is 4.74 Å². The van der Waals surface area contributed by atoms with Gasteiger partial charge in [-0.05, 0) is 49.6 Å². The minimum absolute atomic E-state index is 0.107. The van der Waals surface area contributed by atoms with E-state index in [1.165, 1.54) is 4.90 Å². The molecule has 1 amide bonds. The molecular weight excluding hydrogens is 406 g/mol. The van der Waals surface area contributed by atoms with Crippen LogP contribution in [0.25, 0.3) is 5.76 Å². The molecule has 2 aromatic rings. The average molecular weight is 438 g/mol. The number of methoxy groups -OCH3 is 1. The van der Waals surface area contributed by atoms with Gasteiger partial charge in [0.1, 0.15) is 11.5 Å². The number of Topliss-reactive ketones (excluding diaryl/α,β-unsaturated/α-hetero) is 1. The van der Waals surface area contributed by atoms with Crippen LogP contribution in [0.4, 0.5) is 0 Å². The first kappa shape index (κ1) is 23.5. The maximum atomic E-state index is 13.0. The van der Waals surface area contributed by atoms with Gasteiger partial charge in [0.05, 0.1) is 18.2 Å². The summed E-state index contributed by atoms with van der Waals surface area (Å²) in [5.41, 5.74) is 2.44. The second kappa shape index (κ2) is 11.0. The summed E-state index contributed by atoms with van der Waals surface area (Å²) in [6.45, 7) is 5.53. The Balaban J connectivity index is 1.98. The van der Waals surface area contributed by atoms with Crippen molar-refractivity contribution in [1.29, 1.82) is 0 Å². The van der Waals surface area contributed by atoms with Crippen LogP contribution in [-0.4, -0.2) is 48.6 Å². The van der Waals surface area contributed by atoms with Crippen LogP contribution in [-0.2, 0) is 14.3 Å². The molecule has 1 aliphatic heterocycles. The number of likely N-dealkylation sites (tertiary alicyclic amines) is 1. The third kappa shape index (κ3) is 5.19. The molecule has 1 unspecified atom stereocenters. The van der Waals surface area contributed by atoms with Gasteiger partial charge in [0, 0.05) is 25.8 Å². The van der Waals surface area contributed by atoms with E-state index < -0.39 is 17.7 Å². The Kier molecular flexibility index (Phi) is 8.06. The number of unbranched alkanes of at least 4 members (excludes halogenated alkanes) is 1. The smallest absolute Gasteiger partial charge is 0.295 e. The van der Waals surface area contributed by atoms with Crippen LogP contribution in [0.5, 0.6) is 5.75 Å². The number of aryl methyl sites for hydroxylation is 1. The molecule has 0 aliphatic carbocycles. The Morgan fingerprint density at radius 2 is 1.69 bits per heavy atom. The topological polar surface area (TPSA) is 76.1 Å². The minimum atomic E-state index is -0.672. The van der Waals surface area contributed by atoms with E-state index in [4.69, 9.17) is 9.47 Å². The second-order valence-corrected chi connectivity index (χ2v) is 7.98. The molecule has 1 atom stereocenters. The van der Waals surface area contributed by atoms with Crippen molar-refractivity contribution in [3.05, 3.63) is 70.8 Å². The fraction of sp³-hybridized carbons (Fsp3) is 0.385. The number of hydrogen-bond donors (Lipinski definition) is 1. The first-order chi connectivity index (χ1) is 15.5. The monoisotopic (exact) mass is 437 g/mol. The van der Waals surface area contributed by atoms with E-state index in [1.807, 2.05) is 31.2 Å². The molecule has 0 bridgehead atoms. The standard InChI is InChI=1S/C26H31NO5/c1-4-5-17-32-21-13-11-20(12-14-21)24(28)22-23(19-9-7-18(2)8-10-19)27(15-6-16-31-3)26(30)25(22)29/h7-14,23,28H,4-6,15-17H2,1-3H3/b24-22+. The number of ketones is 1. The summed E-state index contributed by atoms with van der Waals surface area (Å²) >= 11 is 0. The molecule has 0 aromatic heterocycles. The van der Waals surface area contributed by atoms with Gasteiger partial charge >= 0.3 is 0 Å². The first-order valence-corrected chi connectivity index (χ1v) is 11.0. The number of carbonyl (C=O) groups excluding carboxylic acids is 2. The largest absolute Gasteiger partial charge is 0.507 e. The molecule has 170 valence electrons. The lowest BCUT2D eigenvalue weighted by Crippen LogP contribution is -2.31. The number of benzene rings is 2. The zero-order valence-corrected chi connectivity index (χ0v) is 19.0. The Bertz CT molecular complexity index is 963. The highest BCUT2D eigenvalue weighted by molar-refractivity contribution is 6.46. The summed E-state index contributed by atoms with van der Waals surface area (Å²) in [7, 11) is 1.60. The normalized spacial score (nSPS) is 17.7. The van der Waals surface area contributed by atoms with Crippen LogP contribution >= 0.6 is 0 Å². The van der Waals surface area contributed by atoms with Crippen LogP contribution in [0.3, 0.4) is 0 Å². The second-order valence-electron chi connectivity index (χ2n) is 7.98. The van der Waals surface area contributed by atoms with Gasteiger partial charge in [-0.15, -0.1) is 0 Å². The minimum Gasteiger partial charge on any atom is -0.507 e. The fourth-order valence-corrected chi connectivity index (χ4v) is 3.78. The van der Waals surface area contributed by atoms with E-state index in [2.05, 4.69) is 6.92 Å². The third-order valence-electron chi connectivity index (χ3n) is 5.57. The Hall–Kier alpha value is -3.12. The number of rotatable bonds is 10. The SMILES string of the molecule is CCCCOc1ccc(/C(O)=C2\C(=O)C(=O)N(CCCOC)C2c2ccc(C)cc2)cc1. The summed E-state index contributed by atoms with van der Waals surface area (Å²) in [6.07, 6.45) is 2.60. The lowest BCUT2D eigenvalue weighted by atomic mass is 9.94. The highest BCUT2D eigenvalue weighted by atomic mass is 16.5. The van der Waals surface area contributed by atoms with Crippen molar-refractivity contribution in [2.24, 2.45) is 0 Å². The van der Waals surface area contributed by atoms with Crippen molar-refractivity contribution in [3.63, 3.8) is 0 Å². The number of amides is 1. The van der Waals surface area contributed by atoms with Gasteiger partial charge in [0.2, 0.25) is 0 Å². The maximum Gasteiger partial charge on any atom is 0.295 e. The van der Waals surface area contributed by atoms with E-state index in [0.717, 1.165) is 24.0 Å². The lowest BCUT2D eigenvalue weighted by molar-refractivity contribution is -0.140. The van der Waals surface area contributed by atoms with Gasteiger partial charge in [-0.3, -0.25) is 9.59 Å². The van der Waals surface area contributed by atoms with Gasteiger partial charge < -0.3 is 19.5 Å². The van der Waals surface area contributed by atoms with Crippen molar-refractivity contribution in [2.45, 2.75) is 39.2 Å². The number of aliphatic hydroxyl groups is 1. The van der Waals surface area contributed by atoms with E-state index in [0.29, 0.717) is 37.5 Å². The van der Waals surface area contributed by atoms with Crippen LogP contribution in [0.15, 0.2) is 54.1 Å². The lowest BCUT2D eigenvalue weighted by Gasteiger charge is -2.25. The number of carbonyl (C=O) groups is 2. The van der Waals surface area contributed by atoms with Crippen molar-refractivity contribution >= 4 is 17.4 Å². The number of nitrogens with zero attached hydrogens (tertiary/aromatic N) is 1. The maximum absolute atomic E-state index is 13.0. The highest BCUT2D eigenvalue weighted by Gasteiger charge is 2.45. The van der Waals surface area contributed by atoms with Crippen molar-refractivity contribution < 1.29 is 24.2 Å². The predicted molar refractivity (Wildman–Crippen MR) is 124 cm³/mol. The van der Waals surface area contributed by atoms with E-state index >= 15 is 0 Å². The Morgan fingerprint density at radius 1 is 1.00 bits per heavy atom. The van der Waals surface area contributed by atoms with Crippen molar-refractivity contribution in [1.82, 2.24) is 4.90 Å². The molecule has 3 rings (SSSR count). The van der Waals surface area contributed by atoms with Crippen molar-refractivity contribution in [2.75, 3.05) is 26.9 Å². The predicted octanol–water partition coefficient (Wildman–Crippen LogP) is 4.63. The fourth-order valence-electron chi connectivity index (χ4n) is 3.78. The average Bonchev–Trinajstić information content (AvgIpc) is 3.05. The summed E-state index contributed by atoms with van der Waals surface area (Å²) in [4.78, 5) is 27.4. The molecular formula is C26H31NO5. The molecule has 2 aromatic carbocycles. The van der Waals surface area contributed by atoms with E-state index in [1.54, 1.807) is 31.4 Å². The Labute approximate surface area is 189 Å². The number of ether oxygens (including phenoxy) is 2. The third-order valence-corrected chi connectivity index (χ3v) is 5.57. The molecule has 32 heavy (non-hydrogen) atoms. The summed E-state index contributed by atoms with van der Waals surface area (Å²) < 4.78 is 10.8. The molecule has 1 heterocycles. The first-order valence-electron chi connectivity index (χ1n) is 11.0. The molecule has 1 N–H and O–H groups in total. The van der Waals surface area contributed by atoms with Crippen LogP contribution in [0.1, 0.15) is 48.9 Å². The molecule has 6 nitrogen and oxygen atoms in total. The number of aliphatic hydroxyl groups excluding tert-OH is 1. The quantitative estimate of drug-likeness (QED) is 0.254. The molecule has 1 aliphatic rings. The summed E-state index contributed by atoms with van der Waals surface area (Å²) in [5, 5.41) is 11.1. The molecule has 0 radical (unpaired) electrons. The molecule has 6 heteroatoms. The molecule has 0 saturated carbocycles. The van der Waals surface area contributed by atoms with E-state index in [9.17, 15) is 14.7 Å². The molecule has 1 saturated heterocycles. The zero-order valence-electron chi connectivity index (χ0n) is 19.0.